The van der Waals surface area contributed by atoms with Crippen LogP contribution in [0, 0.1) is 0 Å². The molecule has 5 nitrogen and oxygen atoms in total. The number of hydrogen-bond donors (Lipinski definition) is 2. The molecule has 0 aliphatic carbocycles. The molecule has 1 unspecified atom stereocenters. The van der Waals surface area contributed by atoms with E-state index in [2.05, 4.69) is 15.7 Å². The average Bonchev–Trinajstić information content (AvgIpc) is 2.50. The molecular formula is C10H16N4O. The van der Waals surface area contributed by atoms with Crippen LogP contribution in [0.15, 0.2) is 12.3 Å². The standard InChI is InChI=1S/C10H16N4O/c1-14-7-5-9(13-14)12-8-4-2-3-6-11-10(8)15/h5,7-8H,2-4,6H2,1H3,(H,11,15)(H,12,13). The van der Waals surface area contributed by atoms with Gasteiger partial charge in [-0.05, 0) is 19.3 Å². The molecule has 1 amide bonds. The summed E-state index contributed by atoms with van der Waals surface area (Å²) in [7, 11) is 1.86. The van der Waals surface area contributed by atoms with Gasteiger partial charge in [0.1, 0.15) is 11.9 Å². The van der Waals surface area contributed by atoms with Gasteiger partial charge in [-0.3, -0.25) is 9.48 Å². The average molecular weight is 208 g/mol. The first-order valence-electron chi connectivity index (χ1n) is 5.29. The molecule has 0 spiro atoms. The predicted molar refractivity (Wildman–Crippen MR) is 57.5 cm³/mol. The second kappa shape index (κ2) is 4.33. The van der Waals surface area contributed by atoms with Crippen LogP contribution in [0.5, 0.6) is 0 Å². The Morgan fingerprint density at radius 3 is 3.20 bits per heavy atom. The van der Waals surface area contributed by atoms with Gasteiger partial charge in [0.05, 0.1) is 0 Å². The van der Waals surface area contributed by atoms with Crippen molar-refractivity contribution in [3.8, 4) is 0 Å². The highest BCUT2D eigenvalue weighted by Crippen LogP contribution is 2.11. The van der Waals surface area contributed by atoms with Gasteiger partial charge in [-0.2, -0.15) is 5.10 Å². The van der Waals surface area contributed by atoms with Gasteiger partial charge in [0.2, 0.25) is 5.91 Å². The van der Waals surface area contributed by atoms with Crippen LogP contribution in [-0.4, -0.2) is 28.3 Å². The number of aromatic nitrogens is 2. The van der Waals surface area contributed by atoms with E-state index in [-0.39, 0.29) is 11.9 Å². The van der Waals surface area contributed by atoms with Crippen LogP contribution in [0.25, 0.3) is 0 Å². The van der Waals surface area contributed by atoms with E-state index in [1.54, 1.807) is 4.68 Å². The number of hydrogen-bond acceptors (Lipinski definition) is 3. The fourth-order valence-corrected chi connectivity index (χ4v) is 1.75. The number of carbonyl (C=O) groups is 1. The molecule has 82 valence electrons. The summed E-state index contributed by atoms with van der Waals surface area (Å²) in [6, 6.07) is 1.74. The molecule has 1 saturated heterocycles. The summed E-state index contributed by atoms with van der Waals surface area (Å²) in [4.78, 5) is 11.6. The van der Waals surface area contributed by atoms with Crippen molar-refractivity contribution in [2.75, 3.05) is 11.9 Å². The first kappa shape index (κ1) is 10.0. The van der Waals surface area contributed by atoms with Crippen molar-refractivity contribution in [2.24, 2.45) is 7.05 Å². The van der Waals surface area contributed by atoms with Gasteiger partial charge in [0.25, 0.3) is 0 Å². The lowest BCUT2D eigenvalue weighted by atomic mass is 10.1. The van der Waals surface area contributed by atoms with E-state index in [9.17, 15) is 4.79 Å². The van der Waals surface area contributed by atoms with Crippen molar-refractivity contribution in [3.63, 3.8) is 0 Å². The summed E-state index contributed by atoms with van der Waals surface area (Å²) in [5.74, 6) is 0.845. The van der Waals surface area contributed by atoms with Crippen molar-refractivity contribution in [2.45, 2.75) is 25.3 Å². The first-order valence-corrected chi connectivity index (χ1v) is 5.29. The lowest BCUT2D eigenvalue weighted by molar-refractivity contribution is -0.121. The lowest BCUT2D eigenvalue weighted by Crippen LogP contribution is -2.37. The molecule has 15 heavy (non-hydrogen) atoms. The van der Waals surface area contributed by atoms with Crippen LogP contribution in [-0.2, 0) is 11.8 Å². The van der Waals surface area contributed by atoms with Gasteiger partial charge in [0, 0.05) is 25.9 Å². The molecule has 2 N–H and O–H groups in total. The first-order chi connectivity index (χ1) is 7.25. The third-order valence-corrected chi connectivity index (χ3v) is 2.57. The largest absolute Gasteiger partial charge is 0.357 e. The zero-order valence-corrected chi connectivity index (χ0v) is 8.86. The minimum absolute atomic E-state index is 0.0816. The molecule has 0 saturated carbocycles. The predicted octanol–water partition coefficient (Wildman–Crippen LogP) is 0.501. The van der Waals surface area contributed by atoms with E-state index in [1.807, 2.05) is 19.3 Å². The van der Waals surface area contributed by atoms with E-state index in [0.717, 1.165) is 31.6 Å². The zero-order valence-electron chi connectivity index (χ0n) is 8.86. The lowest BCUT2D eigenvalue weighted by Gasteiger charge is -2.14. The third kappa shape index (κ3) is 2.49. The van der Waals surface area contributed by atoms with E-state index in [0.29, 0.717) is 0 Å². The number of rotatable bonds is 2. The molecule has 0 radical (unpaired) electrons. The van der Waals surface area contributed by atoms with Gasteiger partial charge in [0.15, 0.2) is 0 Å². The topological polar surface area (TPSA) is 59.0 Å². The Bertz CT molecular complexity index is 347. The monoisotopic (exact) mass is 208 g/mol. The molecule has 0 aromatic carbocycles. The normalized spacial score (nSPS) is 21.9. The minimum Gasteiger partial charge on any atom is -0.357 e. The third-order valence-electron chi connectivity index (χ3n) is 2.57. The molecule has 2 heterocycles. The number of nitrogens with one attached hydrogen (secondary N) is 2. The summed E-state index contributed by atoms with van der Waals surface area (Å²) in [6.45, 7) is 0.791. The number of aryl methyl sites for hydroxylation is 1. The highest BCUT2D eigenvalue weighted by Gasteiger charge is 2.20. The van der Waals surface area contributed by atoms with Gasteiger partial charge in [-0.15, -0.1) is 0 Å². The van der Waals surface area contributed by atoms with Gasteiger partial charge in [-0.1, -0.05) is 0 Å². The minimum atomic E-state index is -0.137. The van der Waals surface area contributed by atoms with Crippen LogP contribution in [0.3, 0.4) is 0 Å². The van der Waals surface area contributed by atoms with Crippen molar-refractivity contribution in [1.82, 2.24) is 15.1 Å². The summed E-state index contributed by atoms with van der Waals surface area (Å²) in [5, 5.41) is 10.2. The second-order valence-electron chi connectivity index (χ2n) is 3.86. The van der Waals surface area contributed by atoms with Crippen molar-refractivity contribution < 1.29 is 4.79 Å². The SMILES string of the molecule is Cn1ccc(NC2CCCCNC2=O)n1. The van der Waals surface area contributed by atoms with Crippen LogP contribution in [0.2, 0.25) is 0 Å². The fourth-order valence-electron chi connectivity index (χ4n) is 1.75. The summed E-state index contributed by atoms with van der Waals surface area (Å²) >= 11 is 0. The Hall–Kier alpha value is -1.52. The zero-order chi connectivity index (χ0) is 10.7. The molecule has 1 aromatic rings. The number of carbonyl (C=O) groups excluding carboxylic acids is 1. The van der Waals surface area contributed by atoms with Crippen LogP contribution in [0.1, 0.15) is 19.3 Å². The highest BCUT2D eigenvalue weighted by atomic mass is 16.2. The smallest absolute Gasteiger partial charge is 0.242 e. The molecule has 0 bridgehead atoms. The Labute approximate surface area is 88.8 Å². The molecule has 1 atom stereocenters. The Kier molecular flexibility index (Phi) is 2.89. The summed E-state index contributed by atoms with van der Waals surface area (Å²) < 4.78 is 1.72. The van der Waals surface area contributed by atoms with Crippen molar-refractivity contribution in [1.29, 1.82) is 0 Å². The van der Waals surface area contributed by atoms with Crippen molar-refractivity contribution >= 4 is 11.7 Å². The molecule has 1 aliphatic rings. The molecule has 2 rings (SSSR count). The molecule has 1 aromatic heterocycles. The quantitative estimate of drug-likeness (QED) is 0.744. The number of anilines is 1. The van der Waals surface area contributed by atoms with E-state index in [4.69, 9.17) is 0 Å². The Morgan fingerprint density at radius 2 is 2.47 bits per heavy atom. The molecular weight excluding hydrogens is 192 g/mol. The van der Waals surface area contributed by atoms with Gasteiger partial charge < -0.3 is 10.6 Å². The van der Waals surface area contributed by atoms with Crippen LogP contribution in [0.4, 0.5) is 5.82 Å². The maximum absolute atomic E-state index is 11.6. The van der Waals surface area contributed by atoms with Gasteiger partial charge >= 0.3 is 0 Å². The summed E-state index contributed by atoms with van der Waals surface area (Å²) in [6.07, 6.45) is 4.87. The highest BCUT2D eigenvalue weighted by molar-refractivity contribution is 5.84. The molecule has 5 heteroatoms. The van der Waals surface area contributed by atoms with E-state index >= 15 is 0 Å². The van der Waals surface area contributed by atoms with Gasteiger partial charge in [-0.25, -0.2) is 0 Å². The molecule has 1 aliphatic heterocycles. The fraction of sp³-hybridized carbons (Fsp3) is 0.600. The second-order valence-corrected chi connectivity index (χ2v) is 3.86. The van der Waals surface area contributed by atoms with E-state index in [1.165, 1.54) is 0 Å². The van der Waals surface area contributed by atoms with Crippen LogP contribution < -0.4 is 10.6 Å². The Balaban J connectivity index is 2.00. The number of amides is 1. The van der Waals surface area contributed by atoms with Crippen molar-refractivity contribution in [3.05, 3.63) is 12.3 Å². The maximum Gasteiger partial charge on any atom is 0.242 e. The summed E-state index contributed by atoms with van der Waals surface area (Å²) in [5.41, 5.74) is 0. The van der Waals surface area contributed by atoms with Crippen LogP contribution >= 0.6 is 0 Å². The Morgan fingerprint density at radius 1 is 1.60 bits per heavy atom. The maximum atomic E-state index is 11.6. The van der Waals surface area contributed by atoms with E-state index < -0.39 is 0 Å². The number of nitrogens with zero attached hydrogens (tertiary/aromatic N) is 2. The molecule has 1 fully saturated rings.